The lowest BCUT2D eigenvalue weighted by Crippen LogP contribution is -2.74. The highest BCUT2D eigenvalue weighted by atomic mass is 16.3. The lowest BCUT2D eigenvalue weighted by atomic mass is 9.52. The minimum Gasteiger partial charge on any atom is -0.378 e. The Balaban J connectivity index is 0.000000693. The molecule has 6 unspecified atom stereocenters. The molecule has 0 aromatic heterocycles. The van der Waals surface area contributed by atoms with Gasteiger partial charge in [-0.15, -0.1) is 0 Å². The van der Waals surface area contributed by atoms with Crippen LogP contribution >= 0.6 is 0 Å². The van der Waals surface area contributed by atoms with E-state index in [1.165, 1.54) is 38.5 Å². The zero-order valence-electron chi connectivity index (χ0n) is 14.6. The topological polar surface area (TPSA) is 70.3 Å². The predicted octanol–water partition coefficient (Wildman–Crippen LogP) is 2.17. The van der Waals surface area contributed by atoms with Crippen molar-refractivity contribution in [1.29, 1.82) is 0 Å². The predicted molar refractivity (Wildman–Crippen MR) is 90.1 cm³/mol. The number of aliphatic hydroxyl groups excluding tert-OH is 1. The molecule has 0 aromatic carbocycles. The summed E-state index contributed by atoms with van der Waals surface area (Å²) in [6, 6.07) is 0. The van der Waals surface area contributed by atoms with Gasteiger partial charge in [0.2, 0.25) is 0 Å². The standard InChI is InChI=1S/C16H29N3O.C2H6/c1-15-12(7-9-18-15)11-6-5-10-4-2-3-8-16(10,17)13(11)14(20)19-15;1-2/h10-14,18-20H,2-9,17H2,1H3;1-2H3/t10?,11?,12?,13?,14-,15?,16?;/m1./s1. The van der Waals surface area contributed by atoms with Gasteiger partial charge in [0.15, 0.2) is 0 Å². The second-order valence-electron chi connectivity index (χ2n) is 7.94. The maximum absolute atomic E-state index is 10.8. The first-order valence-electron chi connectivity index (χ1n) is 9.54. The first-order chi connectivity index (χ1) is 10.5. The maximum atomic E-state index is 10.8. The quantitative estimate of drug-likeness (QED) is 0.553. The summed E-state index contributed by atoms with van der Waals surface area (Å²) in [6.45, 7) is 7.28. The van der Waals surface area contributed by atoms with Crippen molar-refractivity contribution >= 4 is 0 Å². The molecule has 4 heteroatoms. The van der Waals surface area contributed by atoms with Crippen molar-refractivity contribution in [2.24, 2.45) is 29.4 Å². The van der Waals surface area contributed by atoms with Gasteiger partial charge in [-0.2, -0.15) is 0 Å². The minimum absolute atomic E-state index is 0.0849. The Morgan fingerprint density at radius 1 is 1.09 bits per heavy atom. The van der Waals surface area contributed by atoms with Crippen molar-refractivity contribution < 1.29 is 5.11 Å². The van der Waals surface area contributed by atoms with Crippen LogP contribution in [0.3, 0.4) is 0 Å². The Labute approximate surface area is 135 Å². The number of nitrogens with one attached hydrogen (secondary N) is 2. The largest absolute Gasteiger partial charge is 0.378 e. The molecule has 0 aromatic rings. The number of hydrogen-bond donors (Lipinski definition) is 4. The zero-order chi connectivity index (χ0) is 16.0. The lowest BCUT2D eigenvalue weighted by Gasteiger charge is -2.61. The highest BCUT2D eigenvalue weighted by molar-refractivity contribution is 5.14. The molecule has 22 heavy (non-hydrogen) atoms. The van der Waals surface area contributed by atoms with E-state index in [1.54, 1.807) is 0 Å². The first-order valence-corrected chi connectivity index (χ1v) is 9.54. The molecule has 0 amide bonds. The molecule has 0 spiro atoms. The van der Waals surface area contributed by atoms with Gasteiger partial charge in [0.25, 0.3) is 0 Å². The van der Waals surface area contributed by atoms with Crippen molar-refractivity contribution in [3.63, 3.8) is 0 Å². The Morgan fingerprint density at radius 3 is 2.64 bits per heavy atom. The Bertz CT molecular complexity index is 404. The van der Waals surface area contributed by atoms with Gasteiger partial charge in [0, 0.05) is 11.5 Å². The molecular weight excluding hydrogens is 274 g/mol. The van der Waals surface area contributed by atoms with E-state index in [1.807, 2.05) is 13.8 Å². The van der Waals surface area contributed by atoms with Crippen LogP contribution in [-0.2, 0) is 0 Å². The second kappa shape index (κ2) is 6.04. The maximum Gasteiger partial charge on any atom is 0.111 e. The van der Waals surface area contributed by atoms with E-state index >= 15 is 0 Å². The summed E-state index contributed by atoms with van der Waals surface area (Å²) in [4.78, 5) is 0. The molecule has 4 rings (SSSR count). The third-order valence-electron chi connectivity index (χ3n) is 7.10. The summed E-state index contributed by atoms with van der Waals surface area (Å²) in [5.74, 6) is 2.09. The van der Waals surface area contributed by atoms with Crippen LogP contribution in [0.4, 0.5) is 0 Å². The third kappa shape index (κ3) is 2.34. The molecule has 4 aliphatic rings. The highest BCUT2D eigenvalue weighted by Gasteiger charge is 2.60. The van der Waals surface area contributed by atoms with E-state index in [9.17, 15) is 5.11 Å². The molecule has 4 nitrogen and oxygen atoms in total. The summed E-state index contributed by atoms with van der Waals surface area (Å²) in [7, 11) is 0. The van der Waals surface area contributed by atoms with Crippen LogP contribution in [0.5, 0.6) is 0 Å². The summed E-state index contributed by atoms with van der Waals surface area (Å²) in [5, 5.41) is 17.8. The van der Waals surface area contributed by atoms with Crippen molar-refractivity contribution in [2.45, 2.75) is 83.1 Å². The Hall–Kier alpha value is -0.160. The van der Waals surface area contributed by atoms with Crippen molar-refractivity contribution in [3.05, 3.63) is 0 Å². The molecule has 128 valence electrons. The summed E-state index contributed by atoms with van der Waals surface area (Å²) >= 11 is 0. The van der Waals surface area contributed by atoms with Crippen LogP contribution in [0.15, 0.2) is 0 Å². The van der Waals surface area contributed by atoms with Gasteiger partial charge in [-0.3, -0.25) is 10.6 Å². The van der Waals surface area contributed by atoms with Crippen LogP contribution in [0, 0.1) is 23.7 Å². The van der Waals surface area contributed by atoms with Crippen LogP contribution in [0.2, 0.25) is 0 Å². The molecule has 0 bridgehead atoms. The number of nitrogens with two attached hydrogens (primary N) is 1. The van der Waals surface area contributed by atoms with Gasteiger partial charge in [0.1, 0.15) is 6.23 Å². The van der Waals surface area contributed by atoms with Crippen LogP contribution in [-0.4, -0.2) is 29.1 Å². The van der Waals surface area contributed by atoms with Crippen molar-refractivity contribution in [2.75, 3.05) is 6.54 Å². The molecular formula is C18H35N3O. The van der Waals surface area contributed by atoms with Gasteiger partial charge in [-0.05, 0) is 63.3 Å². The number of aliphatic hydroxyl groups is 1. The average molecular weight is 309 g/mol. The van der Waals surface area contributed by atoms with Crippen LogP contribution < -0.4 is 16.4 Å². The Morgan fingerprint density at radius 2 is 1.86 bits per heavy atom. The molecule has 2 aliphatic heterocycles. The number of rotatable bonds is 0. The summed E-state index contributed by atoms with van der Waals surface area (Å²) in [5.41, 5.74) is 6.70. The molecule has 2 saturated heterocycles. The van der Waals surface area contributed by atoms with Gasteiger partial charge < -0.3 is 10.8 Å². The molecule has 0 radical (unpaired) electrons. The number of fused-ring (bicyclic) bond motifs is 5. The average Bonchev–Trinajstić information content (AvgIpc) is 2.89. The van der Waals surface area contributed by atoms with Crippen LogP contribution in [0.1, 0.15) is 65.7 Å². The summed E-state index contributed by atoms with van der Waals surface area (Å²) in [6.07, 6.45) is 8.25. The zero-order valence-corrected chi connectivity index (χ0v) is 14.6. The van der Waals surface area contributed by atoms with E-state index < -0.39 is 6.23 Å². The van der Waals surface area contributed by atoms with Crippen molar-refractivity contribution in [3.8, 4) is 0 Å². The fraction of sp³-hybridized carbons (Fsp3) is 1.00. The smallest absolute Gasteiger partial charge is 0.111 e. The normalized spacial score (nSPS) is 53.6. The fourth-order valence-electron chi connectivity index (χ4n) is 6.20. The number of hydrogen-bond acceptors (Lipinski definition) is 4. The third-order valence-corrected chi connectivity index (χ3v) is 7.10. The minimum atomic E-state index is -0.447. The first kappa shape index (κ1) is 16.7. The van der Waals surface area contributed by atoms with Gasteiger partial charge >= 0.3 is 0 Å². The molecule has 7 atom stereocenters. The van der Waals surface area contributed by atoms with Gasteiger partial charge in [-0.25, -0.2) is 0 Å². The van der Waals surface area contributed by atoms with E-state index in [2.05, 4.69) is 17.6 Å². The van der Waals surface area contributed by atoms with Gasteiger partial charge in [-0.1, -0.05) is 26.7 Å². The van der Waals surface area contributed by atoms with Crippen molar-refractivity contribution in [1.82, 2.24) is 10.6 Å². The molecule has 2 aliphatic carbocycles. The van der Waals surface area contributed by atoms with E-state index in [0.29, 0.717) is 17.8 Å². The molecule has 2 saturated carbocycles. The van der Waals surface area contributed by atoms with E-state index in [4.69, 9.17) is 5.73 Å². The monoisotopic (exact) mass is 309 g/mol. The van der Waals surface area contributed by atoms with Gasteiger partial charge in [0.05, 0.1) is 5.66 Å². The van der Waals surface area contributed by atoms with Crippen LogP contribution in [0.25, 0.3) is 0 Å². The SMILES string of the molecule is CC.CC12NCCC1C1CCC3CCCCC3(N)C1[C@@H](O)N2. The molecule has 4 fully saturated rings. The number of piperidine rings is 1. The van der Waals surface area contributed by atoms with E-state index in [-0.39, 0.29) is 17.1 Å². The highest BCUT2D eigenvalue weighted by Crippen LogP contribution is 2.55. The van der Waals surface area contributed by atoms with E-state index in [0.717, 1.165) is 13.0 Å². The molecule has 2 heterocycles. The fourth-order valence-corrected chi connectivity index (χ4v) is 6.20. The Kier molecular flexibility index (Phi) is 4.59. The lowest BCUT2D eigenvalue weighted by molar-refractivity contribution is -0.135. The second-order valence-corrected chi connectivity index (χ2v) is 7.94. The summed E-state index contributed by atoms with van der Waals surface area (Å²) < 4.78 is 0. The molecule has 5 N–H and O–H groups in total.